The minimum Gasteiger partial charge on any atom is -0.308 e. The highest BCUT2D eigenvalue weighted by atomic mass is 16.1. The van der Waals surface area contributed by atoms with Crippen LogP contribution in [0.5, 0.6) is 0 Å². The zero-order valence-corrected chi connectivity index (χ0v) is 11.4. The Balaban J connectivity index is 2.31. The highest BCUT2D eigenvalue weighted by Crippen LogP contribution is 2.21. The number of rotatable bonds is 5. The van der Waals surface area contributed by atoms with Crippen LogP contribution in [-0.4, -0.2) is 31.3 Å². The van der Waals surface area contributed by atoms with Gasteiger partial charge in [0.05, 0.1) is 5.92 Å². The highest BCUT2D eigenvalue weighted by Gasteiger charge is 2.22. The molecule has 0 spiro atoms. The Hall–Kier alpha value is -1.93. The molecule has 0 amide bonds. The maximum atomic E-state index is 12.7. The maximum Gasteiger partial charge on any atom is 0.171 e. The average molecular weight is 253 g/mol. The summed E-state index contributed by atoms with van der Waals surface area (Å²) >= 11 is 0. The van der Waals surface area contributed by atoms with Gasteiger partial charge < -0.3 is 4.90 Å². The van der Waals surface area contributed by atoms with Crippen molar-refractivity contribution in [1.82, 2.24) is 4.90 Å². The fourth-order valence-corrected chi connectivity index (χ4v) is 2.19. The van der Waals surface area contributed by atoms with Crippen LogP contribution in [0, 0.1) is 0 Å². The van der Waals surface area contributed by atoms with E-state index in [-0.39, 0.29) is 11.7 Å². The van der Waals surface area contributed by atoms with Gasteiger partial charge in [0.1, 0.15) is 0 Å². The number of Topliss-reactive ketones (excluding diaryl/α,β-unsaturated/α-hetero) is 1. The zero-order valence-electron chi connectivity index (χ0n) is 11.4. The molecule has 0 N–H and O–H groups in total. The molecule has 0 aliphatic carbocycles. The van der Waals surface area contributed by atoms with Crippen LogP contribution in [0.3, 0.4) is 0 Å². The Morgan fingerprint density at radius 1 is 0.947 bits per heavy atom. The van der Waals surface area contributed by atoms with Gasteiger partial charge in [0.25, 0.3) is 0 Å². The fourth-order valence-electron chi connectivity index (χ4n) is 2.19. The third-order valence-electron chi connectivity index (χ3n) is 3.12. The van der Waals surface area contributed by atoms with Crippen molar-refractivity contribution in [2.24, 2.45) is 0 Å². The van der Waals surface area contributed by atoms with Crippen molar-refractivity contribution in [1.29, 1.82) is 0 Å². The van der Waals surface area contributed by atoms with E-state index in [0.717, 1.165) is 17.7 Å². The number of carbonyl (C=O) groups excluding carboxylic acids is 1. The van der Waals surface area contributed by atoms with Gasteiger partial charge in [-0.3, -0.25) is 4.79 Å². The third-order valence-corrected chi connectivity index (χ3v) is 3.12. The van der Waals surface area contributed by atoms with Crippen LogP contribution < -0.4 is 0 Å². The first-order valence-corrected chi connectivity index (χ1v) is 6.47. The minimum atomic E-state index is -0.112. The van der Waals surface area contributed by atoms with Crippen LogP contribution in [0.4, 0.5) is 0 Å². The van der Waals surface area contributed by atoms with Gasteiger partial charge in [-0.05, 0) is 19.7 Å². The highest BCUT2D eigenvalue weighted by molar-refractivity contribution is 6.01. The zero-order chi connectivity index (χ0) is 13.7. The average Bonchev–Trinajstić information content (AvgIpc) is 2.46. The topological polar surface area (TPSA) is 20.3 Å². The second-order valence-corrected chi connectivity index (χ2v) is 4.96. The smallest absolute Gasteiger partial charge is 0.171 e. The van der Waals surface area contributed by atoms with Crippen molar-refractivity contribution in [2.75, 3.05) is 20.6 Å². The molecule has 0 radical (unpaired) electrons. The molecular formula is C17H19NO. The summed E-state index contributed by atoms with van der Waals surface area (Å²) in [6, 6.07) is 19.5. The fraction of sp³-hybridized carbons (Fsp3) is 0.235. The molecule has 0 aliphatic heterocycles. The van der Waals surface area contributed by atoms with E-state index in [1.54, 1.807) is 0 Å². The number of likely N-dealkylation sites (N-methyl/N-ethyl adjacent to an activating group) is 1. The number of carbonyl (C=O) groups is 1. The van der Waals surface area contributed by atoms with E-state index in [1.165, 1.54) is 0 Å². The van der Waals surface area contributed by atoms with Crippen molar-refractivity contribution in [3.05, 3.63) is 71.8 Å². The lowest BCUT2D eigenvalue weighted by Gasteiger charge is -2.20. The maximum absolute atomic E-state index is 12.7. The summed E-state index contributed by atoms with van der Waals surface area (Å²) in [7, 11) is 3.99. The molecule has 98 valence electrons. The van der Waals surface area contributed by atoms with Crippen LogP contribution in [0.1, 0.15) is 21.8 Å². The lowest BCUT2D eigenvalue weighted by atomic mass is 9.90. The Labute approximate surface area is 114 Å². The van der Waals surface area contributed by atoms with Gasteiger partial charge in [-0.15, -0.1) is 0 Å². The molecule has 19 heavy (non-hydrogen) atoms. The van der Waals surface area contributed by atoms with Crippen molar-refractivity contribution in [3.63, 3.8) is 0 Å². The second kappa shape index (κ2) is 6.30. The van der Waals surface area contributed by atoms with Crippen molar-refractivity contribution >= 4 is 5.78 Å². The van der Waals surface area contributed by atoms with Crippen LogP contribution in [0.25, 0.3) is 0 Å². The summed E-state index contributed by atoms with van der Waals surface area (Å²) in [5.41, 5.74) is 1.85. The van der Waals surface area contributed by atoms with Gasteiger partial charge in [-0.25, -0.2) is 0 Å². The molecule has 0 aliphatic rings. The molecule has 0 aromatic heterocycles. The molecule has 2 aromatic rings. The number of nitrogens with zero attached hydrogens (tertiary/aromatic N) is 1. The quantitative estimate of drug-likeness (QED) is 0.763. The van der Waals surface area contributed by atoms with Crippen LogP contribution in [0.15, 0.2) is 60.7 Å². The van der Waals surface area contributed by atoms with Crippen molar-refractivity contribution in [2.45, 2.75) is 5.92 Å². The van der Waals surface area contributed by atoms with Crippen LogP contribution in [0.2, 0.25) is 0 Å². The predicted molar refractivity (Wildman–Crippen MR) is 78.5 cm³/mol. The Morgan fingerprint density at radius 2 is 1.47 bits per heavy atom. The summed E-state index contributed by atoms with van der Waals surface area (Å²) in [6.07, 6.45) is 0. The van der Waals surface area contributed by atoms with E-state index in [4.69, 9.17) is 0 Å². The monoisotopic (exact) mass is 253 g/mol. The molecule has 1 atom stereocenters. The summed E-state index contributed by atoms with van der Waals surface area (Å²) in [4.78, 5) is 14.7. The van der Waals surface area contributed by atoms with Gasteiger partial charge in [-0.2, -0.15) is 0 Å². The Kier molecular flexibility index (Phi) is 4.48. The Morgan fingerprint density at radius 3 is 2.00 bits per heavy atom. The first-order chi connectivity index (χ1) is 9.18. The van der Waals surface area contributed by atoms with Gasteiger partial charge in [0.2, 0.25) is 0 Å². The lowest BCUT2D eigenvalue weighted by molar-refractivity contribution is 0.0945. The number of benzene rings is 2. The van der Waals surface area contributed by atoms with Gasteiger partial charge in [-0.1, -0.05) is 60.7 Å². The summed E-state index contributed by atoms with van der Waals surface area (Å²) in [6.45, 7) is 0.720. The summed E-state index contributed by atoms with van der Waals surface area (Å²) in [5.74, 6) is 0.0686. The second-order valence-electron chi connectivity index (χ2n) is 4.96. The van der Waals surface area contributed by atoms with Gasteiger partial charge in [0.15, 0.2) is 5.78 Å². The van der Waals surface area contributed by atoms with E-state index < -0.39 is 0 Å². The number of hydrogen-bond donors (Lipinski definition) is 0. The van der Waals surface area contributed by atoms with Crippen LogP contribution in [-0.2, 0) is 0 Å². The Bertz CT molecular complexity index is 519. The molecule has 0 saturated carbocycles. The van der Waals surface area contributed by atoms with E-state index in [2.05, 4.69) is 4.90 Å². The molecule has 0 heterocycles. The molecule has 2 aromatic carbocycles. The summed E-state index contributed by atoms with van der Waals surface area (Å²) in [5, 5.41) is 0. The predicted octanol–water partition coefficient (Wildman–Crippen LogP) is 3.21. The molecule has 2 rings (SSSR count). The summed E-state index contributed by atoms with van der Waals surface area (Å²) < 4.78 is 0. The molecule has 2 nitrogen and oxygen atoms in total. The lowest BCUT2D eigenvalue weighted by Crippen LogP contribution is -2.26. The van der Waals surface area contributed by atoms with Crippen molar-refractivity contribution in [3.8, 4) is 0 Å². The first kappa shape index (κ1) is 13.5. The van der Waals surface area contributed by atoms with Gasteiger partial charge >= 0.3 is 0 Å². The van der Waals surface area contributed by atoms with E-state index in [0.29, 0.717) is 0 Å². The molecule has 0 saturated heterocycles. The molecule has 0 unspecified atom stereocenters. The number of ketones is 1. The standard InChI is InChI=1S/C17H19NO/c1-18(2)13-16(14-9-5-3-6-10-14)17(19)15-11-7-4-8-12-15/h3-12,16H,13H2,1-2H3/t16-/m0/s1. The SMILES string of the molecule is CN(C)C[C@H](C(=O)c1ccccc1)c1ccccc1. The molecular weight excluding hydrogens is 234 g/mol. The largest absolute Gasteiger partial charge is 0.308 e. The number of hydrogen-bond acceptors (Lipinski definition) is 2. The molecule has 0 fully saturated rings. The van der Waals surface area contributed by atoms with E-state index >= 15 is 0 Å². The first-order valence-electron chi connectivity index (χ1n) is 6.47. The van der Waals surface area contributed by atoms with Gasteiger partial charge in [0, 0.05) is 12.1 Å². The van der Waals surface area contributed by atoms with Crippen LogP contribution >= 0.6 is 0 Å². The molecule has 0 bridgehead atoms. The minimum absolute atomic E-state index is 0.112. The third kappa shape index (κ3) is 3.52. The van der Waals surface area contributed by atoms with E-state index in [9.17, 15) is 4.79 Å². The molecule has 2 heteroatoms. The van der Waals surface area contributed by atoms with E-state index in [1.807, 2.05) is 74.8 Å². The normalized spacial score (nSPS) is 12.4. The van der Waals surface area contributed by atoms with Crippen molar-refractivity contribution < 1.29 is 4.79 Å².